The molecule has 0 atom stereocenters. The van der Waals surface area contributed by atoms with E-state index in [-0.39, 0.29) is 0 Å². The van der Waals surface area contributed by atoms with Gasteiger partial charge in [-0.25, -0.2) is 14.6 Å². The number of aromatic nitrogens is 3. The monoisotopic (exact) mass is 609 g/mol. The molecule has 0 spiro atoms. The highest BCUT2D eigenvalue weighted by Gasteiger charge is 2.18. The number of allylic oxidation sites excluding steroid dienone is 2. The first kappa shape index (κ1) is 30.1. The van der Waals surface area contributed by atoms with Gasteiger partial charge in [-0.3, -0.25) is 0 Å². The van der Waals surface area contributed by atoms with Crippen LogP contribution in [0.1, 0.15) is 50.0 Å². The molecule has 1 aliphatic rings. The number of unbranched alkanes of at least 4 members (excludes halogenated alkanes) is 4. The number of aryl methyl sites for hydroxylation is 1. The van der Waals surface area contributed by atoms with Crippen LogP contribution in [0.3, 0.4) is 0 Å². The van der Waals surface area contributed by atoms with Gasteiger partial charge < -0.3 is 13.7 Å². The summed E-state index contributed by atoms with van der Waals surface area (Å²) in [4.78, 5) is 19.8. The number of rotatable bonds is 15. The van der Waals surface area contributed by atoms with Crippen molar-refractivity contribution in [3.8, 4) is 0 Å². The average molecular weight is 610 g/mol. The third kappa shape index (κ3) is 8.37. The number of anilines is 1. The Kier molecular flexibility index (Phi) is 11.1. The molecule has 0 N–H and O–H groups in total. The van der Waals surface area contributed by atoms with Crippen LogP contribution in [0.2, 0.25) is 0 Å². The maximum absolute atomic E-state index is 6.18. The fourth-order valence-electron chi connectivity index (χ4n) is 4.90. The van der Waals surface area contributed by atoms with Gasteiger partial charge in [-0.2, -0.15) is 4.98 Å². The number of aliphatic imine (C=N–C) groups is 2. The predicted molar refractivity (Wildman–Crippen MR) is 177 cm³/mol. The molecule has 8 nitrogen and oxygen atoms in total. The highest BCUT2D eigenvalue weighted by Crippen LogP contribution is 2.22. The van der Waals surface area contributed by atoms with Gasteiger partial charge in [-0.15, -0.1) is 0 Å². The van der Waals surface area contributed by atoms with Crippen LogP contribution < -0.4 is 20.4 Å². The van der Waals surface area contributed by atoms with Gasteiger partial charge in [0.2, 0.25) is 11.1 Å². The van der Waals surface area contributed by atoms with E-state index in [1.165, 1.54) is 0 Å². The van der Waals surface area contributed by atoms with Crippen molar-refractivity contribution >= 4 is 75.6 Å². The Morgan fingerprint density at radius 3 is 2.49 bits per heavy atom. The molecule has 0 saturated carbocycles. The maximum atomic E-state index is 6.18. The molecule has 43 heavy (non-hydrogen) atoms. The van der Waals surface area contributed by atoms with Crippen LogP contribution in [0.5, 0.6) is 0 Å². The Balaban J connectivity index is 1.39. The summed E-state index contributed by atoms with van der Waals surface area (Å²) in [6, 6.07) is 14.0. The van der Waals surface area contributed by atoms with Gasteiger partial charge in [0.1, 0.15) is 0 Å². The smallest absolute Gasteiger partial charge is 0.370 e. The summed E-state index contributed by atoms with van der Waals surface area (Å²) in [6.45, 7) is 3.13. The molecule has 218 valence electrons. The zero-order valence-electron chi connectivity index (χ0n) is 23.9. The molecule has 1 aliphatic heterocycles. The average Bonchev–Trinajstić information content (AvgIpc) is 3.65. The lowest BCUT2D eigenvalue weighted by atomic mass is 10.1. The quantitative estimate of drug-likeness (QED) is 0.0731. The summed E-state index contributed by atoms with van der Waals surface area (Å²) in [7, 11) is 0. The second-order valence-corrected chi connectivity index (χ2v) is 10.4. The van der Waals surface area contributed by atoms with Crippen molar-refractivity contribution in [3.63, 3.8) is 0 Å². The Hall–Kier alpha value is -4.33. The summed E-state index contributed by atoms with van der Waals surface area (Å²) in [5.41, 5.74) is 4.70. The molecule has 0 amide bonds. The number of fused-ring (bicyclic) bond motifs is 2. The maximum Gasteiger partial charge on any atom is 0.370 e. The minimum atomic E-state index is 0.518. The van der Waals surface area contributed by atoms with Gasteiger partial charge in [-0.1, -0.05) is 30.3 Å². The van der Waals surface area contributed by atoms with Gasteiger partial charge in [0.25, 0.3) is 0 Å². The van der Waals surface area contributed by atoms with E-state index in [2.05, 4.69) is 66.3 Å². The Bertz CT molecular complexity index is 1810. The SMILES string of the molecule is S=C=NCCCCCN1C=CC=c2oc(=CC(=Cc3nc4c(ccc[n+]4CCCCCN=C=S)o3)c3ccccc3)nc21. The first-order valence-corrected chi connectivity index (χ1v) is 15.3. The largest absolute Gasteiger partial charge is 0.435 e. The number of pyridine rings is 1. The van der Waals surface area contributed by atoms with Crippen molar-refractivity contribution in [1.29, 1.82) is 0 Å². The molecule has 0 unspecified atom stereocenters. The summed E-state index contributed by atoms with van der Waals surface area (Å²) < 4.78 is 14.5. The van der Waals surface area contributed by atoms with Gasteiger partial charge >= 0.3 is 11.5 Å². The minimum absolute atomic E-state index is 0.518. The molecule has 0 aliphatic carbocycles. The highest BCUT2D eigenvalue weighted by atomic mass is 32.1. The van der Waals surface area contributed by atoms with Gasteiger partial charge in [0, 0.05) is 43.0 Å². The number of hydrogen-bond acceptors (Lipinski definition) is 9. The first-order valence-electron chi connectivity index (χ1n) is 14.5. The molecule has 0 radical (unpaired) electrons. The zero-order valence-corrected chi connectivity index (χ0v) is 25.5. The molecular formula is C33H33N6O2S2+. The van der Waals surface area contributed by atoms with Crippen molar-refractivity contribution in [2.75, 3.05) is 24.5 Å². The molecule has 3 aromatic heterocycles. The van der Waals surface area contributed by atoms with Crippen molar-refractivity contribution in [1.82, 2.24) is 9.97 Å². The van der Waals surface area contributed by atoms with E-state index < -0.39 is 0 Å². The second kappa shape index (κ2) is 15.8. The van der Waals surface area contributed by atoms with Crippen molar-refractivity contribution in [3.05, 3.63) is 83.4 Å². The molecule has 0 saturated heterocycles. The van der Waals surface area contributed by atoms with Gasteiger partial charge in [0.15, 0.2) is 11.2 Å². The van der Waals surface area contributed by atoms with E-state index in [0.717, 1.165) is 98.3 Å². The van der Waals surface area contributed by atoms with Crippen LogP contribution in [0.15, 0.2) is 79.8 Å². The molecule has 4 heterocycles. The number of thiocarbonyl (C=S) groups is 2. The molecular weight excluding hydrogens is 577 g/mol. The topological polar surface area (TPSA) is 83.9 Å². The van der Waals surface area contributed by atoms with Gasteiger partial charge in [0.05, 0.1) is 23.1 Å². The highest BCUT2D eigenvalue weighted by molar-refractivity contribution is 7.78. The molecule has 10 heteroatoms. The standard InChI is InChI=1S/C33H33N6O2S2/c42-24-34-16-6-2-8-18-38-20-10-14-28-32(38)36-30(40-28)22-27(26-12-4-1-5-13-26)23-31-37-33-29(41-31)15-11-21-39(33)19-9-3-7-17-35-25-43/h1,4-5,10-15,20-23H,2-3,6-9,16-19H2/q+1. The lowest BCUT2D eigenvalue weighted by Gasteiger charge is -2.18. The Morgan fingerprint density at radius 2 is 1.70 bits per heavy atom. The van der Waals surface area contributed by atoms with Crippen LogP contribution in [-0.4, -0.2) is 39.9 Å². The number of benzene rings is 1. The predicted octanol–water partition coefficient (Wildman–Crippen LogP) is 5.79. The summed E-state index contributed by atoms with van der Waals surface area (Å²) in [6.07, 6.45) is 18.0. The van der Waals surface area contributed by atoms with E-state index in [1.54, 1.807) is 0 Å². The van der Waals surface area contributed by atoms with E-state index in [4.69, 9.17) is 18.8 Å². The van der Waals surface area contributed by atoms with Crippen LogP contribution in [0.4, 0.5) is 5.82 Å². The summed E-state index contributed by atoms with van der Waals surface area (Å²) in [5, 5.41) is 4.85. The zero-order chi connectivity index (χ0) is 29.7. The van der Waals surface area contributed by atoms with Crippen LogP contribution in [0, 0.1) is 0 Å². The molecule has 0 bridgehead atoms. The Labute approximate surface area is 261 Å². The van der Waals surface area contributed by atoms with Crippen molar-refractivity contribution in [2.45, 2.75) is 45.1 Å². The van der Waals surface area contributed by atoms with E-state index >= 15 is 0 Å². The molecule has 0 fully saturated rings. The van der Waals surface area contributed by atoms with Gasteiger partial charge in [-0.05, 0) is 98.4 Å². The molecule has 4 aromatic rings. The lowest BCUT2D eigenvalue weighted by Crippen LogP contribution is -2.34. The van der Waals surface area contributed by atoms with Crippen molar-refractivity contribution < 1.29 is 13.4 Å². The van der Waals surface area contributed by atoms with Crippen LogP contribution in [0.25, 0.3) is 35.0 Å². The number of nitrogens with zero attached hydrogens (tertiary/aromatic N) is 6. The fourth-order valence-corrected chi connectivity index (χ4v) is 5.08. The number of hydrogen-bond donors (Lipinski definition) is 0. The Morgan fingerprint density at radius 1 is 0.907 bits per heavy atom. The summed E-state index contributed by atoms with van der Waals surface area (Å²) in [5.74, 6) is 1.33. The van der Waals surface area contributed by atoms with E-state index in [1.807, 2.05) is 67.0 Å². The number of oxazole rings is 2. The minimum Gasteiger partial charge on any atom is -0.435 e. The molecule has 1 aromatic carbocycles. The lowest BCUT2D eigenvalue weighted by molar-refractivity contribution is -0.673. The normalized spacial score (nSPS) is 13.0. The van der Waals surface area contributed by atoms with Crippen LogP contribution in [-0.2, 0) is 6.54 Å². The first-order chi connectivity index (χ1) is 21.2. The number of isothiocyanates is 2. The summed E-state index contributed by atoms with van der Waals surface area (Å²) >= 11 is 9.29. The van der Waals surface area contributed by atoms with Crippen LogP contribution >= 0.6 is 24.4 Å². The molecule has 5 rings (SSSR count). The third-order valence-electron chi connectivity index (χ3n) is 7.01. The fraction of sp³-hybridized carbons (Fsp3) is 0.303. The second-order valence-electron chi connectivity index (χ2n) is 10.1. The van der Waals surface area contributed by atoms with E-state index in [9.17, 15) is 0 Å². The van der Waals surface area contributed by atoms with E-state index in [0.29, 0.717) is 11.4 Å². The third-order valence-corrected chi connectivity index (χ3v) is 7.26. The van der Waals surface area contributed by atoms with Crippen molar-refractivity contribution in [2.24, 2.45) is 9.98 Å².